The Morgan fingerprint density at radius 2 is 0.420 bits per heavy atom. The van der Waals surface area contributed by atoms with Crippen molar-refractivity contribution in [2.24, 2.45) is 0 Å². The quantitative estimate of drug-likeness (QED) is 0.0172. The molecule has 0 aromatic heterocycles. The first-order valence-corrected chi connectivity index (χ1v) is 41.4. The number of hydrogen-bond donors (Lipinski definition) is 0. The van der Waals surface area contributed by atoms with E-state index in [1.165, 1.54) is 52.0 Å². The maximum atomic E-state index is 15.3. The summed E-state index contributed by atoms with van der Waals surface area (Å²) in [5, 5.41) is 0. The Balaban J connectivity index is 2.43. The van der Waals surface area contributed by atoms with Crippen LogP contribution in [0, 0.1) is 0 Å². The van der Waals surface area contributed by atoms with Crippen LogP contribution in [0.4, 0.5) is 0 Å². The molecule has 0 unspecified atom stereocenters. The number of rotatable bonds is 44. The minimum Gasteiger partial charge on any atom is -0.426 e. The van der Waals surface area contributed by atoms with Gasteiger partial charge in [-0.2, -0.15) is 0 Å². The van der Waals surface area contributed by atoms with Gasteiger partial charge in [-0.15, -0.1) is 0 Å². The van der Waals surface area contributed by atoms with Crippen LogP contribution in [0.15, 0.2) is 48.5 Å². The molecule has 8 bridgehead atoms. The average Bonchev–Trinajstić information content (AvgIpc) is 0.745. The number of carbonyl (C=O) groups excluding carboxylic acids is 4. The number of fused-ring (bicyclic) bond motifs is 8. The maximum absolute atomic E-state index is 15.3. The van der Waals surface area contributed by atoms with Crippen LogP contribution >= 0.6 is 31.3 Å². The van der Waals surface area contributed by atoms with Crippen molar-refractivity contribution in [1.82, 2.24) is 0 Å². The standard InChI is InChI=1S/C72H108O24P4/c1-17-29-33-37-53-57-41-58(66(90-50(14)74)45-65(57)89-49(13)73)54(38-34-30-18-2)63-44-64(72(96-100(80,87-27-11)88-28-12)48-71(63)95-99(79,85-25-9)86-26-10)56(40-36-32-20-4)60-42-59(67(91-51(15)75)46-68(60)92-52(16)76)55(39-35-31-19-3)62-43-61(53)69(93-97(77,81-21-5)82-22-6)47-70(62)94-98(78,83-23-7)84-24-8/h41-48,53-56H,17-40H2,1-16H3/t53-,54+,55+,56-. The number of ether oxygens (including phenoxy) is 4. The topological polar surface area (TPSA) is 284 Å². The van der Waals surface area contributed by atoms with E-state index in [9.17, 15) is 19.2 Å². The maximum Gasteiger partial charge on any atom is 0.530 e. The van der Waals surface area contributed by atoms with Crippen molar-refractivity contribution >= 4 is 55.2 Å². The molecule has 0 saturated heterocycles. The van der Waals surface area contributed by atoms with Crippen molar-refractivity contribution in [3.05, 3.63) is 93.0 Å². The van der Waals surface area contributed by atoms with E-state index in [-0.39, 0.29) is 147 Å². The highest BCUT2D eigenvalue weighted by Crippen LogP contribution is 2.62. The van der Waals surface area contributed by atoms with Crippen molar-refractivity contribution in [3.63, 3.8) is 0 Å². The van der Waals surface area contributed by atoms with Gasteiger partial charge in [0.25, 0.3) is 0 Å². The predicted octanol–water partition coefficient (Wildman–Crippen LogP) is 20.8. The molecule has 0 heterocycles. The molecular formula is C72H108O24P4. The second-order valence-corrected chi connectivity index (χ2v) is 30.1. The van der Waals surface area contributed by atoms with Gasteiger partial charge in [-0.3, -0.25) is 55.4 Å². The number of hydrogen-bond acceptors (Lipinski definition) is 24. The van der Waals surface area contributed by atoms with Crippen LogP contribution in [-0.4, -0.2) is 76.7 Å². The van der Waals surface area contributed by atoms with Gasteiger partial charge in [0.1, 0.15) is 46.0 Å². The monoisotopic (exact) mass is 1480 g/mol. The molecule has 0 fully saturated rings. The van der Waals surface area contributed by atoms with Gasteiger partial charge < -0.3 is 37.0 Å². The fourth-order valence-electron chi connectivity index (χ4n) is 12.3. The minimum atomic E-state index is -4.63. The summed E-state index contributed by atoms with van der Waals surface area (Å²) in [6, 6.07) is 12.9. The molecule has 1 aliphatic carbocycles. The summed E-state index contributed by atoms with van der Waals surface area (Å²) in [6.07, 6.45) is 8.61. The summed E-state index contributed by atoms with van der Waals surface area (Å²) in [5.41, 5.74) is 2.44. The Morgan fingerprint density at radius 3 is 0.570 bits per heavy atom. The lowest BCUT2D eigenvalue weighted by Crippen LogP contribution is -2.18. The fourth-order valence-corrected chi connectivity index (χ4v) is 17.1. The zero-order valence-electron chi connectivity index (χ0n) is 61.5. The summed E-state index contributed by atoms with van der Waals surface area (Å²) in [6.45, 7) is 24.9. The molecule has 5 rings (SSSR count). The second-order valence-electron chi connectivity index (χ2n) is 23.8. The van der Waals surface area contributed by atoms with E-state index in [1.807, 2.05) is 27.7 Å². The summed E-state index contributed by atoms with van der Waals surface area (Å²) < 4.78 is 160. The van der Waals surface area contributed by atoms with Crippen LogP contribution < -0.4 is 37.0 Å². The highest BCUT2D eigenvalue weighted by Gasteiger charge is 2.42. The Hall–Kier alpha value is -5.44. The molecule has 100 heavy (non-hydrogen) atoms. The molecule has 4 atom stereocenters. The van der Waals surface area contributed by atoms with E-state index >= 15 is 18.3 Å². The van der Waals surface area contributed by atoms with Crippen LogP contribution in [0.5, 0.6) is 46.0 Å². The molecule has 24 nitrogen and oxygen atoms in total. The SMILES string of the molecule is CCCCC[C@@H]1c2cc(c(OC(C)=O)cc2OC(C)=O)[C@H](CCCCC)c2cc(c(OP(=O)(OCC)OCC)cc2OP(=O)(OCC)OCC)[C@H](CCCCC)c2cc(c(OC(C)=O)cc2OC(C)=O)[C@H](CCCCC)c2cc1c(OP(=O)(OCC)OCC)cc2OP(=O)(OCC)OCC. The lowest BCUT2D eigenvalue weighted by Gasteiger charge is -2.33. The molecule has 1 aliphatic rings. The largest absolute Gasteiger partial charge is 0.530 e. The Labute approximate surface area is 592 Å². The van der Waals surface area contributed by atoms with E-state index < -0.39 is 78.8 Å². The normalized spacial score (nSPS) is 15.6. The third kappa shape index (κ3) is 24.3. The van der Waals surface area contributed by atoms with Crippen molar-refractivity contribution in [2.45, 2.75) is 237 Å². The number of carbonyl (C=O) groups is 4. The number of phosphoric ester groups is 4. The zero-order valence-corrected chi connectivity index (χ0v) is 65.1. The van der Waals surface area contributed by atoms with Crippen molar-refractivity contribution < 1.29 is 111 Å². The van der Waals surface area contributed by atoms with Gasteiger partial charge in [0, 0.05) is 120 Å². The molecule has 0 N–H and O–H groups in total. The molecule has 0 radical (unpaired) electrons. The van der Waals surface area contributed by atoms with Crippen molar-refractivity contribution in [1.29, 1.82) is 0 Å². The average molecular weight is 1480 g/mol. The Bertz CT molecular complexity index is 3060. The highest BCUT2D eigenvalue weighted by atomic mass is 31.2. The zero-order chi connectivity index (χ0) is 73.8. The molecular weight excluding hydrogens is 1370 g/mol. The number of unbranched alkanes of at least 4 members (excludes halogenated alkanes) is 8. The predicted molar refractivity (Wildman–Crippen MR) is 381 cm³/mol. The van der Waals surface area contributed by atoms with Gasteiger partial charge in [0.05, 0.1) is 52.9 Å². The smallest absolute Gasteiger partial charge is 0.426 e. The molecule has 560 valence electrons. The van der Waals surface area contributed by atoms with Gasteiger partial charge in [-0.05, 0) is 105 Å². The third-order valence-corrected chi connectivity index (χ3v) is 22.4. The van der Waals surface area contributed by atoms with E-state index in [1.54, 1.807) is 79.7 Å². The first-order chi connectivity index (χ1) is 47.7. The molecule has 0 aliphatic heterocycles. The third-order valence-electron chi connectivity index (χ3n) is 16.1. The minimum absolute atomic E-state index is 0.0516. The van der Waals surface area contributed by atoms with Gasteiger partial charge in [0.2, 0.25) is 0 Å². The van der Waals surface area contributed by atoms with Crippen LogP contribution in [-0.2, 0) is 73.6 Å². The van der Waals surface area contributed by atoms with Gasteiger partial charge >= 0.3 is 55.2 Å². The summed E-state index contributed by atoms with van der Waals surface area (Å²) in [4.78, 5) is 55.3. The molecule has 28 heteroatoms. The summed E-state index contributed by atoms with van der Waals surface area (Å²) >= 11 is 0. The fraction of sp³-hybridized carbons (Fsp3) is 0.611. The Morgan fingerprint density at radius 1 is 0.260 bits per heavy atom. The van der Waals surface area contributed by atoms with Gasteiger partial charge in [-0.25, -0.2) is 18.3 Å². The molecule has 4 aromatic carbocycles. The number of esters is 4. The van der Waals surface area contributed by atoms with Crippen LogP contribution in [0.3, 0.4) is 0 Å². The highest BCUT2D eigenvalue weighted by molar-refractivity contribution is 7.49. The summed E-state index contributed by atoms with van der Waals surface area (Å²) in [5.74, 6) is -7.77. The van der Waals surface area contributed by atoms with Crippen molar-refractivity contribution in [2.75, 3.05) is 52.9 Å². The molecule has 4 aromatic rings. The van der Waals surface area contributed by atoms with Crippen molar-refractivity contribution in [3.8, 4) is 46.0 Å². The van der Waals surface area contributed by atoms with Crippen LogP contribution in [0.25, 0.3) is 0 Å². The Kier molecular flexibility index (Phi) is 35.6. The lowest BCUT2D eigenvalue weighted by atomic mass is 9.76. The number of benzene rings is 4. The molecule has 0 saturated carbocycles. The van der Waals surface area contributed by atoms with Gasteiger partial charge in [-0.1, -0.05) is 105 Å². The molecule has 0 amide bonds. The van der Waals surface area contributed by atoms with E-state index in [0.29, 0.717) is 73.6 Å². The first kappa shape index (κ1) is 85.2. The van der Waals surface area contributed by atoms with E-state index in [4.69, 9.17) is 73.2 Å². The lowest BCUT2D eigenvalue weighted by molar-refractivity contribution is -0.133. The molecule has 0 spiro atoms. The van der Waals surface area contributed by atoms with E-state index in [0.717, 1.165) is 25.7 Å². The first-order valence-electron chi connectivity index (χ1n) is 35.5. The number of phosphoric acid groups is 4. The van der Waals surface area contributed by atoms with Gasteiger partial charge in [0.15, 0.2) is 0 Å². The summed E-state index contributed by atoms with van der Waals surface area (Å²) in [7, 11) is -18.5. The van der Waals surface area contributed by atoms with E-state index in [2.05, 4.69) is 0 Å². The second kappa shape index (κ2) is 41.8. The van der Waals surface area contributed by atoms with Crippen LogP contribution in [0.2, 0.25) is 0 Å². The van der Waals surface area contributed by atoms with Crippen LogP contribution in [0.1, 0.15) is 282 Å².